The molecule has 1 saturated carbocycles. The lowest BCUT2D eigenvalue weighted by Crippen LogP contribution is -2.34. The molecule has 1 saturated heterocycles. The summed E-state index contributed by atoms with van der Waals surface area (Å²) < 4.78 is 20.0. The molecule has 31 heavy (non-hydrogen) atoms. The highest BCUT2D eigenvalue weighted by molar-refractivity contribution is 5.87. The molecule has 8 heteroatoms. The van der Waals surface area contributed by atoms with Gasteiger partial charge in [0, 0.05) is 37.7 Å². The number of hydrogen-bond donors (Lipinski definition) is 2. The average molecular weight is 419 g/mol. The summed E-state index contributed by atoms with van der Waals surface area (Å²) in [4.78, 5) is 15.7. The van der Waals surface area contributed by atoms with E-state index in [1.165, 1.54) is 12.8 Å². The van der Waals surface area contributed by atoms with E-state index in [1.807, 2.05) is 18.2 Å². The van der Waals surface area contributed by atoms with Crippen LogP contribution in [0.5, 0.6) is 5.75 Å². The van der Waals surface area contributed by atoms with E-state index >= 15 is 0 Å². The van der Waals surface area contributed by atoms with Gasteiger partial charge < -0.3 is 19.7 Å². The summed E-state index contributed by atoms with van der Waals surface area (Å²) in [6, 6.07) is 10.3. The summed E-state index contributed by atoms with van der Waals surface area (Å²) in [6.45, 7) is 3.58. The maximum Gasteiger partial charge on any atom is 0.195 e. The third-order valence-electron chi connectivity index (χ3n) is 6.07. The number of aromatic hydroxyl groups is 1. The number of aryl methyl sites for hydroxylation is 1. The molecule has 158 valence electrons. The zero-order chi connectivity index (χ0) is 21.1. The van der Waals surface area contributed by atoms with Crippen LogP contribution in [0.25, 0.3) is 33.4 Å². The highest BCUT2D eigenvalue weighted by Gasteiger charge is 2.29. The Balaban J connectivity index is 1.32. The number of pyridine rings is 2. The van der Waals surface area contributed by atoms with Crippen molar-refractivity contribution < 1.29 is 13.9 Å². The van der Waals surface area contributed by atoms with Crippen molar-refractivity contribution in [2.24, 2.45) is 0 Å². The van der Waals surface area contributed by atoms with Crippen LogP contribution in [0.1, 0.15) is 25.2 Å². The molecular formula is C23H22FN5O2. The second-order valence-electron chi connectivity index (χ2n) is 8.44. The number of aromatic nitrogens is 3. The number of benzene rings is 1. The molecule has 6 rings (SSSR count). The molecule has 4 aromatic rings. The van der Waals surface area contributed by atoms with E-state index < -0.39 is 11.6 Å². The van der Waals surface area contributed by atoms with Crippen LogP contribution >= 0.6 is 0 Å². The Labute approximate surface area is 177 Å². The van der Waals surface area contributed by atoms with Gasteiger partial charge in [0.05, 0.1) is 16.7 Å². The van der Waals surface area contributed by atoms with Gasteiger partial charge in [-0.05, 0) is 49.6 Å². The molecule has 0 unspecified atom stereocenters. The lowest BCUT2D eigenvalue weighted by atomic mass is 10.1. The maximum atomic E-state index is 14.6. The fourth-order valence-corrected chi connectivity index (χ4v) is 4.34. The molecule has 2 N–H and O–H groups in total. The van der Waals surface area contributed by atoms with Gasteiger partial charge in [0.1, 0.15) is 11.3 Å². The number of phenolic OH excluding ortho intramolecular Hbond substituents is 1. The van der Waals surface area contributed by atoms with Gasteiger partial charge in [0.25, 0.3) is 0 Å². The number of phenols is 1. The van der Waals surface area contributed by atoms with Crippen LogP contribution in [-0.2, 0) is 0 Å². The van der Waals surface area contributed by atoms with Crippen molar-refractivity contribution in [3.05, 3.63) is 42.0 Å². The standard InChI is InChI=1S/C23H22FN5O2/c1-12-25-22-19(31-12)10-15(23(30)21(22)24)16-4-5-18-17(27-16)6-7-20(28-18)29-9-8-14(11-29)26-13-2-3-13/h4-7,10,13-14,26,30H,2-3,8-9,11H2,1H3/t14-/m1/s1. The van der Waals surface area contributed by atoms with E-state index in [0.717, 1.165) is 30.8 Å². The number of halogens is 1. The lowest BCUT2D eigenvalue weighted by molar-refractivity contribution is 0.437. The van der Waals surface area contributed by atoms with Gasteiger partial charge in [-0.3, -0.25) is 0 Å². The van der Waals surface area contributed by atoms with Crippen LogP contribution in [0.4, 0.5) is 10.2 Å². The van der Waals surface area contributed by atoms with Gasteiger partial charge in [0.15, 0.2) is 23.0 Å². The first-order valence-electron chi connectivity index (χ1n) is 10.6. The number of fused-ring (bicyclic) bond motifs is 2. The molecule has 0 amide bonds. The Bertz CT molecular complexity index is 1320. The number of nitrogens with zero attached hydrogens (tertiary/aromatic N) is 4. The molecule has 0 bridgehead atoms. The summed E-state index contributed by atoms with van der Waals surface area (Å²) in [5, 5.41) is 14.1. The third-order valence-corrected chi connectivity index (χ3v) is 6.07. The molecule has 1 aromatic carbocycles. The van der Waals surface area contributed by atoms with E-state index in [1.54, 1.807) is 19.1 Å². The second-order valence-corrected chi connectivity index (χ2v) is 8.44. The molecule has 7 nitrogen and oxygen atoms in total. The Morgan fingerprint density at radius 2 is 1.87 bits per heavy atom. The highest BCUT2D eigenvalue weighted by Crippen LogP contribution is 2.36. The SMILES string of the molecule is Cc1nc2c(F)c(O)c(-c3ccc4nc(N5CC[C@@H](NC6CC6)C5)ccc4n3)cc2o1. The average Bonchev–Trinajstić information content (AvgIpc) is 3.32. The van der Waals surface area contributed by atoms with Crippen LogP contribution < -0.4 is 10.2 Å². The number of hydrogen-bond acceptors (Lipinski definition) is 7. The van der Waals surface area contributed by atoms with Crippen molar-refractivity contribution >= 4 is 28.0 Å². The van der Waals surface area contributed by atoms with Crippen molar-refractivity contribution in [3.8, 4) is 17.0 Å². The minimum Gasteiger partial charge on any atom is -0.504 e. The number of nitrogens with one attached hydrogen (secondary N) is 1. The summed E-state index contributed by atoms with van der Waals surface area (Å²) in [6.07, 6.45) is 3.71. The van der Waals surface area contributed by atoms with Crippen LogP contribution in [0.3, 0.4) is 0 Å². The lowest BCUT2D eigenvalue weighted by Gasteiger charge is -2.18. The normalized spacial score (nSPS) is 19.0. The van der Waals surface area contributed by atoms with Gasteiger partial charge in [-0.25, -0.2) is 19.3 Å². The van der Waals surface area contributed by atoms with Gasteiger partial charge >= 0.3 is 0 Å². The Kier molecular flexibility index (Phi) is 4.11. The first-order chi connectivity index (χ1) is 15.0. The van der Waals surface area contributed by atoms with E-state index in [0.29, 0.717) is 29.2 Å². The predicted molar refractivity (Wildman–Crippen MR) is 116 cm³/mol. The summed E-state index contributed by atoms with van der Waals surface area (Å²) in [5.74, 6) is -0.00802. The van der Waals surface area contributed by atoms with Gasteiger partial charge in [-0.1, -0.05) is 0 Å². The smallest absolute Gasteiger partial charge is 0.195 e. The maximum absolute atomic E-state index is 14.6. The quantitative estimate of drug-likeness (QED) is 0.518. The minimum atomic E-state index is -0.803. The molecule has 0 spiro atoms. The molecule has 2 fully saturated rings. The van der Waals surface area contributed by atoms with Crippen LogP contribution in [0, 0.1) is 12.7 Å². The largest absolute Gasteiger partial charge is 0.504 e. The fraction of sp³-hybridized carbons (Fsp3) is 0.348. The van der Waals surface area contributed by atoms with Crippen molar-refractivity contribution in [1.29, 1.82) is 0 Å². The topological polar surface area (TPSA) is 87.3 Å². The summed E-state index contributed by atoms with van der Waals surface area (Å²) >= 11 is 0. The monoisotopic (exact) mass is 419 g/mol. The van der Waals surface area contributed by atoms with Crippen molar-refractivity contribution in [3.63, 3.8) is 0 Å². The molecule has 1 aliphatic heterocycles. The highest BCUT2D eigenvalue weighted by atomic mass is 19.1. The third kappa shape index (κ3) is 3.27. The first kappa shape index (κ1) is 18.5. The predicted octanol–water partition coefficient (Wildman–Crippen LogP) is 3.92. The summed E-state index contributed by atoms with van der Waals surface area (Å²) in [5.41, 5.74) is 2.45. The molecule has 4 heterocycles. The second kappa shape index (κ2) is 6.88. The number of rotatable bonds is 4. The zero-order valence-corrected chi connectivity index (χ0v) is 17.1. The summed E-state index contributed by atoms with van der Waals surface area (Å²) in [7, 11) is 0. The Hall–Kier alpha value is -3.26. The van der Waals surface area contributed by atoms with E-state index in [9.17, 15) is 9.50 Å². The number of oxazole rings is 1. The van der Waals surface area contributed by atoms with E-state index in [4.69, 9.17) is 9.40 Å². The Morgan fingerprint density at radius 3 is 2.71 bits per heavy atom. The van der Waals surface area contributed by atoms with Crippen molar-refractivity contribution in [2.45, 2.75) is 38.3 Å². The van der Waals surface area contributed by atoms with Crippen molar-refractivity contribution in [1.82, 2.24) is 20.3 Å². The molecule has 1 aliphatic carbocycles. The molecule has 3 aromatic heterocycles. The van der Waals surface area contributed by atoms with E-state index in [2.05, 4.69) is 20.2 Å². The van der Waals surface area contributed by atoms with Gasteiger partial charge in [0.2, 0.25) is 0 Å². The fourth-order valence-electron chi connectivity index (χ4n) is 4.34. The minimum absolute atomic E-state index is 0.0194. The molecular weight excluding hydrogens is 397 g/mol. The van der Waals surface area contributed by atoms with Gasteiger partial charge in [-0.2, -0.15) is 0 Å². The van der Waals surface area contributed by atoms with Crippen molar-refractivity contribution in [2.75, 3.05) is 18.0 Å². The van der Waals surface area contributed by atoms with Crippen LogP contribution in [0.15, 0.2) is 34.7 Å². The molecule has 1 atom stereocenters. The zero-order valence-electron chi connectivity index (χ0n) is 17.1. The van der Waals surface area contributed by atoms with E-state index in [-0.39, 0.29) is 16.7 Å². The Morgan fingerprint density at radius 1 is 1.06 bits per heavy atom. The molecule has 2 aliphatic rings. The molecule has 0 radical (unpaired) electrons. The first-order valence-corrected chi connectivity index (χ1v) is 10.6. The number of anilines is 1. The van der Waals surface area contributed by atoms with Crippen LogP contribution in [0.2, 0.25) is 0 Å². The van der Waals surface area contributed by atoms with Gasteiger partial charge in [-0.15, -0.1) is 0 Å². The van der Waals surface area contributed by atoms with Crippen LogP contribution in [-0.4, -0.2) is 45.2 Å².